The highest BCUT2D eigenvalue weighted by Gasteiger charge is 2.28. The summed E-state index contributed by atoms with van der Waals surface area (Å²) in [7, 11) is -1.46. The van der Waals surface area contributed by atoms with E-state index in [1.807, 2.05) is 32.9 Å². The Balaban J connectivity index is 2.01. The van der Waals surface area contributed by atoms with E-state index in [4.69, 9.17) is 4.74 Å². The number of piperidine rings is 1. The van der Waals surface area contributed by atoms with Crippen molar-refractivity contribution in [2.45, 2.75) is 45.6 Å². The van der Waals surface area contributed by atoms with Crippen molar-refractivity contribution in [3.8, 4) is 0 Å². The van der Waals surface area contributed by atoms with Crippen LogP contribution in [0.5, 0.6) is 0 Å². The highest BCUT2D eigenvalue weighted by molar-refractivity contribution is 6.59. The van der Waals surface area contributed by atoms with Crippen molar-refractivity contribution in [2.24, 2.45) is 5.92 Å². The second-order valence-corrected chi connectivity index (χ2v) is 7.21. The van der Waals surface area contributed by atoms with Crippen LogP contribution in [0.1, 0.15) is 39.2 Å². The Kier molecular flexibility index (Phi) is 5.71. The lowest BCUT2D eigenvalue weighted by molar-refractivity contribution is 0.0166. The number of carbonyl (C=O) groups is 1. The first-order chi connectivity index (χ1) is 10.8. The van der Waals surface area contributed by atoms with E-state index in [1.165, 1.54) is 0 Å². The van der Waals surface area contributed by atoms with Crippen LogP contribution >= 0.6 is 0 Å². The van der Waals surface area contributed by atoms with Gasteiger partial charge in [0.2, 0.25) is 0 Å². The zero-order valence-electron chi connectivity index (χ0n) is 14.2. The van der Waals surface area contributed by atoms with Crippen molar-refractivity contribution in [3.63, 3.8) is 0 Å². The maximum atomic E-state index is 12.2. The minimum atomic E-state index is -1.46. The minimum Gasteiger partial charge on any atom is -0.444 e. The molecule has 2 rings (SSSR count). The summed E-state index contributed by atoms with van der Waals surface area (Å²) in [4.78, 5) is 14.0. The maximum Gasteiger partial charge on any atom is 0.488 e. The first-order valence-corrected chi connectivity index (χ1v) is 8.18. The Morgan fingerprint density at radius 3 is 2.70 bits per heavy atom. The molecule has 23 heavy (non-hydrogen) atoms. The van der Waals surface area contributed by atoms with Crippen LogP contribution in [-0.4, -0.2) is 46.9 Å². The molecule has 0 radical (unpaired) electrons. The van der Waals surface area contributed by atoms with Gasteiger partial charge in [-0.2, -0.15) is 0 Å². The van der Waals surface area contributed by atoms with Crippen LogP contribution in [0.15, 0.2) is 24.3 Å². The zero-order valence-corrected chi connectivity index (χ0v) is 14.2. The fourth-order valence-electron chi connectivity index (χ4n) is 3.01. The summed E-state index contributed by atoms with van der Waals surface area (Å²) in [6, 6.07) is 7.34. The van der Waals surface area contributed by atoms with Crippen molar-refractivity contribution in [1.82, 2.24) is 4.90 Å². The molecule has 1 aromatic carbocycles. The van der Waals surface area contributed by atoms with Gasteiger partial charge in [-0.1, -0.05) is 24.3 Å². The van der Waals surface area contributed by atoms with Gasteiger partial charge in [0.15, 0.2) is 0 Å². The van der Waals surface area contributed by atoms with E-state index in [0.717, 1.165) is 31.4 Å². The molecule has 1 heterocycles. The molecule has 2 N–H and O–H groups in total. The minimum absolute atomic E-state index is 0.266. The highest BCUT2D eigenvalue weighted by atomic mass is 16.6. The highest BCUT2D eigenvalue weighted by Crippen LogP contribution is 2.22. The summed E-state index contributed by atoms with van der Waals surface area (Å²) in [6.07, 6.45) is 2.42. The van der Waals surface area contributed by atoms with Crippen LogP contribution in [0.4, 0.5) is 4.79 Å². The maximum absolute atomic E-state index is 12.2. The van der Waals surface area contributed by atoms with Gasteiger partial charge in [-0.25, -0.2) is 4.79 Å². The molecular weight excluding hydrogens is 293 g/mol. The Hall–Kier alpha value is -1.53. The lowest BCUT2D eigenvalue weighted by atomic mass is 9.74. The number of amides is 1. The Morgan fingerprint density at radius 2 is 2.04 bits per heavy atom. The van der Waals surface area contributed by atoms with Gasteiger partial charge in [0.05, 0.1) is 0 Å². The summed E-state index contributed by atoms with van der Waals surface area (Å²) < 4.78 is 5.44. The van der Waals surface area contributed by atoms with Crippen LogP contribution < -0.4 is 5.46 Å². The predicted octanol–water partition coefficient (Wildman–Crippen LogP) is 1.56. The van der Waals surface area contributed by atoms with Gasteiger partial charge in [-0.3, -0.25) is 0 Å². The molecule has 1 aromatic rings. The molecule has 0 aromatic heterocycles. The zero-order chi connectivity index (χ0) is 17.0. The van der Waals surface area contributed by atoms with Crippen LogP contribution in [-0.2, 0) is 11.2 Å². The first-order valence-electron chi connectivity index (χ1n) is 8.18. The molecule has 6 heteroatoms. The normalized spacial score (nSPS) is 18.7. The molecule has 0 aliphatic carbocycles. The number of nitrogens with zero attached hydrogens (tertiary/aromatic N) is 1. The average Bonchev–Trinajstić information content (AvgIpc) is 2.46. The van der Waals surface area contributed by atoms with E-state index in [1.54, 1.807) is 17.0 Å². The molecule has 5 nitrogen and oxygen atoms in total. The van der Waals surface area contributed by atoms with E-state index >= 15 is 0 Å². The third kappa shape index (κ3) is 5.25. The van der Waals surface area contributed by atoms with Gasteiger partial charge < -0.3 is 19.7 Å². The molecule has 1 atom stereocenters. The molecular formula is C17H26BNO4. The SMILES string of the molecule is CC(C)(C)OC(=O)N1CCCC(Cc2ccccc2B(O)O)C1. The predicted molar refractivity (Wildman–Crippen MR) is 90.5 cm³/mol. The van der Waals surface area contributed by atoms with E-state index < -0.39 is 12.7 Å². The topological polar surface area (TPSA) is 70.0 Å². The summed E-state index contributed by atoms with van der Waals surface area (Å²) in [5.74, 6) is 0.302. The van der Waals surface area contributed by atoms with E-state index in [9.17, 15) is 14.8 Å². The van der Waals surface area contributed by atoms with Crippen molar-refractivity contribution in [1.29, 1.82) is 0 Å². The van der Waals surface area contributed by atoms with Crippen molar-refractivity contribution in [2.75, 3.05) is 13.1 Å². The second kappa shape index (κ2) is 7.36. The Bertz CT molecular complexity index is 542. The van der Waals surface area contributed by atoms with Gasteiger partial charge in [-0.05, 0) is 57.0 Å². The van der Waals surface area contributed by atoms with Gasteiger partial charge in [0, 0.05) is 13.1 Å². The number of carbonyl (C=O) groups excluding carboxylic acids is 1. The first kappa shape index (κ1) is 17.8. The number of benzene rings is 1. The quantitative estimate of drug-likeness (QED) is 0.830. The number of likely N-dealkylation sites (tertiary alicyclic amines) is 1. The number of hydrogen-bond acceptors (Lipinski definition) is 4. The van der Waals surface area contributed by atoms with Crippen LogP contribution in [0.25, 0.3) is 0 Å². The van der Waals surface area contributed by atoms with Gasteiger partial charge in [0.25, 0.3) is 0 Å². The standard InChI is InChI=1S/C17H26BNO4/c1-17(2,3)23-16(20)19-10-6-7-13(12-19)11-14-8-4-5-9-15(14)18(21)22/h4-5,8-9,13,21-22H,6-7,10-12H2,1-3H3. The largest absolute Gasteiger partial charge is 0.488 e. The van der Waals surface area contributed by atoms with Crippen molar-refractivity contribution < 1.29 is 19.6 Å². The smallest absolute Gasteiger partial charge is 0.444 e. The molecule has 1 aliphatic heterocycles. The number of ether oxygens (including phenoxy) is 1. The molecule has 1 amide bonds. The van der Waals surface area contributed by atoms with E-state index in [2.05, 4.69) is 0 Å². The lowest BCUT2D eigenvalue weighted by Crippen LogP contribution is -2.44. The Morgan fingerprint density at radius 1 is 1.35 bits per heavy atom. The van der Waals surface area contributed by atoms with Crippen LogP contribution in [0.3, 0.4) is 0 Å². The van der Waals surface area contributed by atoms with Crippen LogP contribution in [0, 0.1) is 5.92 Å². The summed E-state index contributed by atoms with van der Waals surface area (Å²) in [5, 5.41) is 18.9. The fourth-order valence-corrected chi connectivity index (χ4v) is 3.01. The molecule has 1 saturated heterocycles. The molecule has 1 fully saturated rings. The lowest BCUT2D eigenvalue weighted by Gasteiger charge is -2.34. The van der Waals surface area contributed by atoms with Crippen LogP contribution in [0.2, 0.25) is 0 Å². The molecule has 0 bridgehead atoms. The average molecular weight is 319 g/mol. The third-order valence-corrected chi connectivity index (χ3v) is 4.01. The van der Waals surface area contributed by atoms with Gasteiger partial charge in [0.1, 0.15) is 5.60 Å². The number of hydrogen-bond donors (Lipinski definition) is 2. The summed E-state index contributed by atoms with van der Waals surface area (Å²) in [5.41, 5.74) is 0.984. The number of rotatable bonds is 3. The summed E-state index contributed by atoms with van der Waals surface area (Å²) in [6.45, 7) is 6.96. The summed E-state index contributed by atoms with van der Waals surface area (Å²) >= 11 is 0. The molecule has 126 valence electrons. The Labute approximate surface area is 138 Å². The molecule has 0 saturated carbocycles. The fraction of sp³-hybridized carbons (Fsp3) is 0.588. The van der Waals surface area contributed by atoms with Gasteiger partial charge in [-0.15, -0.1) is 0 Å². The molecule has 1 unspecified atom stereocenters. The molecule has 1 aliphatic rings. The van der Waals surface area contributed by atoms with Crippen molar-refractivity contribution >= 4 is 18.7 Å². The van der Waals surface area contributed by atoms with E-state index in [0.29, 0.717) is 17.9 Å². The monoisotopic (exact) mass is 319 g/mol. The van der Waals surface area contributed by atoms with Crippen molar-refractivity contribution in [3.05, 3.63) is 29.8 Å². The van der Waals surface area contributed by atoms with Gasteiger partial charge >= 0.3 is 13.2 Å². The third-order valence-electron chi connectivity index (χ3n) is 4.01. The second-order valence-electron chi connectivity index (χ2n) is 7.21. The van der Waals surface area contributed by atoms with E-state index in [-0.39, 0.29) is 6.09 Å². The molecule has 0 spiro atoms.